The summed E-state index contributed by atoms with van der Waals surface area (Å²) in [5.74, 6) is 0.598. The van der Waals surface area contributed by atoms with Gasteiger partial charge in [0.05, 0.1) is 0 Å². The molecule has 2 nitrogen and oxygen atoms in total. The van der Waals surface area contributed by atoms with Crippen molar-refractivity contribution in [1.29, 1.82) is 0 Å². The van der Waals surface area contributed by atoms with Crippen LogP contribution in [0.5, 0.6) is 0 Å². The Labute approximate surface area is 125 Å². The molecule has 0 radical (unpaired) electrons. The van der Waals surface area contributed by atoms with Gasteiger partial charge in [0.2, 0.25) is 0 Å². The van der Waals surface area contributed by atoms with Crippen molar-refractivity contribution in [1.82, 2.24) is 4.90 Å². The molecule has 0 amide bonds. The first-order valence-electron chi connectivity index (χ1n) is 7.16. The van der Waals surface area contributed by atoms with Crippen LogP contribution in [0.3, 0.4) is 0 Å². The summed E-state index contributed by atoms with van der Waals surface area (Å²) in [4.78, 5) is 2.45. The molecule has 110 valence electrons. The zero-order valence-corrected chi connectivity index (χ0v) is 15.2. The number of nitrogens with zero attached hydrogens (tertiary/aromatic N) is 1. The van der Waals surface area contributed by atoms with Crippen LogP contribution in [-0.4, -0.2) is 32.4 Å². The summed E-state index contributed by atoms with van der Waals surface area (Å²) in [6, 6.07) is 0.246. The molecule has 3 heteroatoms. The van der Waals surface area contributed by atoms with Gasteiger partial charge in [0.1, 0.15) is 0 Å². The minimum atomic E-state index is 0.246. The van der Waals surface area contributed by atoms with Crippen molar-refractivity contribution < 1.29 is 21.2 Å². The number of hydrogen-bond donors (Lipinski definition) is 1. The molecular formula is C15H32IN2-. The molecule has 0 heterocycles. The van der Waals surface area contributed by atoms with Gasteiger partial charge in [0, 0.05) is 0 Å². The van der Waals surface area contributed by atoms with Gasteiger partial charge in [-0.25, -0.2) is 0 Å². The van der Waals surface area contributed by atoms with Crippen molar-refractivity contribution in [3.05, 3.63) is 11.8 Å². The van der Waals surface area contributed by atoms with Gasteiger partial charge >= 0.3 is 125 Å². The van der Waals surface area contributed by atoms with Crippen molar-refractivity contribution in [2.75, 3.05) is 17.5 Å². The van der Waals surface area contributed by atoms with Gasteiger partial charge in [-0.15, -0.1) is 0 Å². The summed E-state index contributed by atoms with van der Waals surface area (Å²) in [5, 5.41) is 0. The van der Waals surface area contributed by atoms with Gasteiger partial charge < -0.3 is 0 Å². The van der Waals surface area contributed by atoms with E-state index in [0.29, 0.717) is 27.1 Å². The van der Waals surface area contributed by atoms with E-state index in [9.17, 15) is 0 Å². The molecule has 1 atom stereocenters. The fourth-order valence-electron chi connectivity index (χ4n) is 1.98. The Balaban J connectivity index is 4.46. The summed E-state index contributed by atoms with van der Waals surface area (Å²) in [5.41, 5.74) is 7.43. The second-order valence-electron chi connectivity index (χ2n) is 5.45. The molecule has 1 unspecified atom stereocenters. The zero-order valence-electron chi connectivity index (χ0n) is 13.0. The average molecular weight is 367 g/mol. The average Bonchev–Trinajstić information content (AvgIpc) is 2.25. The van der Waals surface area contributed by atoms with Crippen molar-refractivity contribution in [2.24, 2.45) is 11.7 Å². The summed E-state index contributed by atoms with van der Waals surface area (Å²) in [6.07, 6.45) is 3.70. The van der Waals surface area contributed by atoms with Crippen LogP contribution in [0.1, 0.15) is 48.0 Å². The number of halogens is 1. The monoisotopic (exact) mass is 367 g/mol. The normalized spacial score (nSPS) is 14.6. The number of likely N-dealkylation sites (N-methyl/N-ethyl adjacent to an activating group) is 1. The van der Waals surface area contributed by atoms with Gasteiger partial charge in [0.25, 0.3) is 0 Å². The Hall–Kier alpha value is 0.230. The van der Waals surface area contributed by atoms with Crippen molar-refractivity contribution >= 4 is 0 Å². The minimum absolute atomic E-state index is 0.246. The summed E-state index contributed by atoms with van der Waals surface area (Å²) in [7, 11) is 0. The number of allylic oxidation sites excluding steroid dienone is 2. The van der Waals surface area contributed by atoms with Gasteiger partial charge in [-0.05, 0) is 0 Å². The molecule has 0 spiro atoms. The second-order valence-corrected chi connectivity index (χ2v) is 9.90. The van der Waals surface area contributed by atoms with Gasteiger partial charge in [-0.1, -0.05) is 0 Å². The summed E-state index contributed by atoms with van der Waals surface area (Å²) >= 11 is 0.384. The number of alkyl halides is 2. The van der Waals surface area contributed by atoms with E-state index in [1.807, 2.05) is 0 Å². The Bertz CT molecular complexity index is 235. The molecule has 0 saturated carbocycles. The molecule has 18 heavy (non-hydrogen) atoms. The Morgan fingerprint density at radius 2 is 1.83 bits per heavy atom. The molecule has 0 aliphatic carbocycles. The van der Waals surface area contributed by atoms with Crippen LogP contribution in [0.4, 0.5) is 0 Å². The number of hydrogen-bond acceptors (Lipinski definition) is 2. The molecule has 0 aliphatic rings. The van der Waals surface area contributed by atoms with Crippen LogP contribution in [0.15, 0.2) is 11.8 Å². The molecule has 0 rings (SSSR count). The van der Waals surface area contributed by atoms with Crippen LogP contribution in [-0.2, 0) is 0 Å². The van der Waals surface area contributed by atoms with Crippen molar-refractivity contribution in [2.45, 2.75) is 57.9 Å². The third kappa shape index (κ3) is 8.35. The van der Waals surface area contributed by atoms with Gasteiger partial charge in [0.15, 0.2) is 0 Å². The van der Waals surface area contributed by atoms with Crippen LogP contribution in [0, 0.1) is 5.92 Å². The second kappa shape index (κ2) is 10.1. The summed E-state index contributed by atoms with van der Waals surface area (Å²) < 4.78 is 2.33. The van der Waals surface area contributed by atoms with E-state index in [2.05, 4.69) is 52.5 Å². The third-order valence-electron chi connectivity index (χ3n) is 2.73. The molecule has 0 aliphatic heterocycles. The fraction of sp³-hybridized carbons (Fsp3) is 0.867. The Kier molecular flexibility index (Phi) is 10.2. The molecule has 0 bridgehead atoms. The first kappa shape index (κ1) is 18.2. The molecule has 0 aromatic carbocycles. The predicted octanol–water partition coefficient (Wildman–Crippen LogP) is 0.0829. The first-order chi connectivity index (χ1) is 8.38. The van der Waals surface area contributed by atoms with Gasteiger partial charge in [-0.2, -0.15) is 0 Å². The molecule has 2 N–H and O–H groups in total. The quantitative estimate of drug-likeness (QED) is 0.355. The Morgan fingerprint density at radius 1 is 1.22 bits per heavy atom. The SMILES string of the molecule is CCN(CC(C)N)/C(=C\CC[I-]C(C)C)C(C)C. The molecular weight excluding hydrogens is 335 g/mol. The van der Waals surface area contributed by atoms with Crippen LogP contribution in [0.2, 0.25) is 0 Å². The van der Waals surface area contributed by atoms with Crippen LogP contribution < -0.4 is 26.9 Å². The van der Waals surface area contributed by atoms with E-state index >= 15 is 0 Å². The van der Waals surface area contributed by atoms with E-state index in [0.717, 1.165) is 17.0 Å². The zero-order chi connectivity index (χ0) is 14.1. The van der Waals surface area contributed by atoms with Crippen molar-refractivity contribution in [3.8, 4) is 0 Å². The fourth-order valence-corrected chi connectivity index (χ4v) is 3.89. The standard InChI is InChI=1S/C15H32IN2/c1-7-18(11-14(6)17)15(12(2)3)9-8-10-16-13(4)5/h9,12-14H,7-8,10-11,17H2,1-6H3/q-1/b15-9-. The molecule has 0 aromatic rings. The topological polar surface area (TPSA) is 29.3 Å². The molecule has 0 saturated heterocycles. The van der Waals surface area contributed by atoms with E-state index in [-0.39, 0.29) is 6.04 Å². The van der Waals surface area contributed by atoms with E-state index in [1.54, 1.807) is 0 Å². The molecule has 0 aromatic heterocycles. The molecule has 0 fully saturated rings. The third-order valence-corrected chi connectivity index (χ3v) is 5.73. The van der Waals surface area contributed by atoms with Crippen molar-refractivity contribution in [3.63, 3.8) is 0 Å². The number of nitrogens with two attached hydrogens (primary N) is 1. The predicted molar refractivity (Wildman–Crippen MR) is 78.4 cm³/mol. The van der Waals surface area contributed by atoms with Crippen LogP contribution >= 0.6 is 0 Å². The van der Waals surface area contributed by atoms with E-state index in [4.69, 9.17) is 5.73 Å². The van der Waals surface area contributed by atoms with E-state index in [1.165, 1.54) is 16.5 Å². The summed E-state index contributed by atoms with van der Waals surface area (Å²) in [6.45, 7) is 15.6. The maximum atomic E-state index is 5.94. The number of rotatable bonds is 9. The van der Waals surface area contributed by atoms with Crippen LogP contribution in [0.25, 0.3) is 0 Å². The first-order valence-corrected chi connectivity index (χ1v) is 9.93. The Morgan fingerprint density at radius 3 is 2.22 bits per heavy atom. The van der Waals surface area contributed by atoms with Gasteiger partial charge in [-0.3, -0.25) is 0 Å². The maximum absolute atomic E-state index is 5.94. The van der Waals surface area contributed by atoms with E-state index < -0.39 is 0 Å².